The van der Waals surface area contributed by atoms with Gasteiger partial charge >= 0.3 is 0 Å². The van der Waals surface area contributed by atoms with E-state index < -0.39 is 0 Å². The maximum atomic E-state index is 2.73. The first-order valence-corrected chi connectivity index (χ1v) is 13.0. The van der Waals surface area contributed by atoms with E-state index in [1.807, 2.05) is 0 Å². The molecule has 7 rings (SSSR count). The molecule has 34 heavy (non-hydrogen) atoms. The number of hydrogen-bond donors (Lipinski definition) is 0. The smallest absolute Gasteiger partial charge is 0.223 e. The monoisotopic (exact) mass is 445 g/mol. The highest BCUT2D eigenvalue weighted by molar-refractivity contribution is 6.13. The molecule has 0 saturated heterocycles. The van der Waals surface area contributed by atoms with Crippen LogP contribution in [0.1, 0.15) is 61.8 Å². The molecule has 2 atom stereocenters. The van der Waals surface area contributed by atoms with Crippen LogP contribution in [0.25, 0.3) is 38.6 Å². The maximum absolute atomic E-state index is 2.73. The summed E-state index contributed by atoms with van der Waals surface area (Å²) in [5, 5.41) is 4.26. The van der Waals surface area contributed by atoms with Crippen LogP contribution in [0.2, 0.25) is 0 Å². The quantitative estimate of drug-likeness (QED) is 0.199. The van der Waals surface area contributed by atoms with Gasteiger partial charge in [-0.15, -0.1) is 0 Å². The van der Waals surface area contributed by atoms with Gasteiger partial charge in [0.15, 0.2) is 5.69 Å². The molecule has 2 aliphatic rings. The van der Waals surface area contributed by atoms with E-state index in [0.717, 1.165) is 0 Å². The number of benzene rings is 3. The summed E-state index contributed by atoms with van der Waals surface area (Å²) in [7, 11) is 0. The lowest BCUT2D eigenvalue weighted by Crippen LogP contribution is -2.74. The lowest BCUT2D eigenvalue weighted by molar-refractivity contribution is -0.769. The largest absolute Gasteiger partial charge is 0.296 e. The minimum absolute atomic E-state index is 0.154. The Morgan fingerprint density at radius 3 is 2.29 bits per heavy atom. The molecule has 1 saturated carbocycles. The predicted molar refractivity (Wildman–Crippen MR) is 142 cm³/mol. The van der Waals surface area contributed by atoms with Gasteiger partial charge in [0, 0.05) is 21.8 Å². The van der Waals surface area contributed by atoms with E-state index in [1.54, 1.807) is 5.56 Å². The summed E-state index contributed by atoms with van der Waals surface area (Å²) in [5.74, 6) is 0. The first-order valence-electron chi connectivity index (χ1n) is 13.0. The fraction of sp³-hybridized carbons (Fsp3) is 0.344. The summed E-state index contributed by atoms with van der Waals surface area (Å²) in [6, 6.07) is 20.9. The van der Waals surface area contributed by atoms with Crippen molar-refractivity contribution in [3.8, 4) is 11.3 Å². The van der Waals surface area contributed by atoms with Crippen molar-refractivity contribution in [1.29, 1.82) is 0 Å². The maximum Gasteiger partial charge on any atom is 0.296 e. The number of rotatable bonds is 3. The minimum Gasteiger partial charge on any atom is -0.223 e. The highest BCUT2D eigenvalue weighted by Crippen LogP contribution is 2.61. The molecule has 2 nitrogen and oxygen atoms in total. The summed E-state index contributed by atoms with van der Waals surface area (Å²) in [6.07, 6.45) is 7.42. The van der Waals surface area contributed by atoms with Gasteiger partial charge in [0.25, 0.3) is 5.65 Å². The molecule has 0 spiro atoms. The average molecular weight is 446 g/mol. The first kappa shape index (κ1) is 20.3. The van der Waals surface area contributed by atoms with Crippen molar-refractivity contribution < 1.29 is 4.57 Å². The van der Waals surface area contributed by atoms with Crippen molar-refractivity contribution in [3.63, 3.8) is 0 Å². The molecule has 1 fully saturated rings. The van der Waals surface area contributed by atoms with Crippen molar-refractivity contribution in [2.45, 2.75) is 71.3 Å². The van der Waals surface area contributed by atoms with Crippen molar-refractivity contribution in [2.75, 3.05) is 0 Å². The highest BCUT2D eigenvalue weighted by Gasteiger charge is 2.65. The molecular weight excluding hydrogens is 412 g/mol. The van der Waals surface area contributed by atoms with Gasteiger partial charge in [0.2, 0.25) is 0 Å². The van der Waals surface area contributed by atoms with Gasteiger partial charge in [-0.05, 0) is 75.3 Å². The van der Waals surface area contributed by atoms with E-state index in [4.69, 9.17) is 0 Å². The Balaban J connectivity index is 1.81. The van der Waals surface area contributed by atoms with Crippen LogP contribution in [0.4, 0.5) is 0 Å². The third kappa shape index (κ3) is 2.08. The Morgan fingerprint density at radius 1 is 0.853 bits per heavy atom. The average Bonchev–Trinajstić information content (AvgIpc) is 3.20. The second kappa shape index (κ2) is 6.50. The van der Waals surface area contributed by atoms with Gasteiger partial charge in [-0.25, -0.2) is 4.57 Å². The number of fused-ring (bicyclic) bond motifs is 6. The summed E-state index contributed by atoms with van der Waals surface area (Å²) in [4.78, 5) is 0. The summed E-state index contributed by atoms with van der Waals surface area (Å²) >= 11 is 0. The number of pyridine rings is 1. The van der Waals surface area contributed by atoms with Crippen LogP contribution in [-0.2, 0) is 11.0 Å². The summed E-state index contributed by atoms with van der Waals surface area (Å²) in [5.41, 5.74) is 11.4. The Morgan fingerprint density at radius 2 is 1.62 bits per heavy atom. The lowest BCUT2D eigenvalue weighted by Gasteiger charge is -2.59. The third-order valence-corrected chi connectivity index (χ3v) is 9.66. The topological polar surface area (TPSA) is 8.29 Å². The molecule has 2 unspecified atom stereocenters. The molecule has 5 aromatic rings. The van der Waals surface area contributed by atoms with Crippen LogP contribution in [0.3, 0.4) is 0 Å². The van der Waals surface area contributed by atoms with Crippen LogP contribution in [0.5, 0.6) is 0 Å². The second-order valence-corrected chi connectivity index (χ2v) is 10.9. The Bertz CT molecular complexity index is 1640. The third-order valence-electron chi connectivity index (χ3n) is 9.66. The van der Waals surface area contributed by atoms with Gasteiger partial charge in [0.1, 0.15) is 17.3 Å². The van der Waals surface area contributed by atoms with E-state index in [1.165, 1.54) is 81.0 Å². The van der Waals surface area contributed by atoms with Gasteiger partial charge in [-0.2, -0.15) is 4.40 Å². The van der Waals surface area contributed by atoms with Crippen LogP contribution in [0.15, 0.2) is 60.8 Å². The van der Waals surface area contributed by atoms with Gasteiger partial charge in [-0.1, -0.05) is 61.9 Å². The zero-order valence-corrected chi connectivity index (χ0v) is 21.0. The number of aryl methyl sites for hydroxylation is 3. The summed E-state index contributed by atoms with van der Waals surface area (Å²) < 4.78 is 5.33. The number of nitrogens with zero attached hydrogens (tertiary/aromatic N) is 2. The normalized spacial score (nSPS) is 23.1. The number of hydrogen-bond acceptors (Lipinski definition) is 0. The van der Waals surface area contributed by atoms with Crippen molar-refractivity contribution in [2.24, 2.45) is 0 Å². The van der Waals surface area contributed by atoms with Crippen molar-refractivity contribution in [1.82, 2.24) is 4.40 Å². The predicted octanol–water partition coefficient (Wildman–Crippen LogP) is 7.69. The molecule has 1 aliphatic carbocycles. The molecule has 2 heteroatoms. The van der Waals surface area contributed by atoms with Gasteiger partial charge < -0.3 is 0 Å². The minimum atomic E-state index is 0.154. The molecular formula is C32H33N2+. The molecule has 0 radical (unpaired) electrons. The van der Waals surface area contributed by atoms with Crippen LogP contribution >= 0.6 is 0 Å². The Labute approximate surface area is 201 Å². The molecule has 3 aromatic carbocycles. The van der Waals surface area contributed by atoms with Crippen molar-refractivity contribution >= 4 is 27.3 Å². The SMILES string of the molecule is CCC12CCC1(CC)[n+]1cc(-c3c(C)cccc3C)n3c4ccc(C)cc4c4cccc2c4c31. The fourth-order valence-corrected chi connectivity index (χ4v) is 7.97. The zero-order valence-electron chi connectivity index (χ0n) is 21.0. The van der Waals surface area contributed by atoms with Crippen LogP contribution in [-0.4, -0.2) is 4.40 Å². The standard InChI is InChI=1S/C32H33N2/c1-6-31-16-17-32(31,7-2)33-19-27(28-21(4)10-8-11-22(28)5)34-26-15-14-20(3)18-24(26)23-12-9-13-25(31)29(23)30(33)34/h8-15,18-19H,6-7,16-17H2,1-5H3/q+1. The second-order valence-electron chi connectivity index (χ2n) is 10.9. The number of imidazole rings is 1. The molecule has 3 heterocycles. The highest BCUT2D eigenvalue weighted by atomic mass is 15.2. The molecule has 0 N–H and O–H groups in total. The van der Waals surface area contributed by atoms with E-state index in [0.29, 0.717) is 0 Å². The van der Waals surface area contributed by atoms with E-state index in [9.17, 15) is 0 Å². The Kier molecular flexibility index (Phi) is 3.88. The van der Waals surface area contributed by atoms with E-state index in [-0.39, 0.29) is 11.0 Å². The van der Waals surface area contributed by atoms with Crippen LogP contribution in [0, 0.1) is 20.8 Å². The van der Waals surface area contributed by atoms with E-state index >= 15 is 0 Å². The number of aromatic nitrogens is 2. The van der Waals surface area contributed by atoms with Crippen LogP contribution < -0.4 is 4.57 Å². The summed E-state index contributed by atoms with van der Waals surface area (Å²) in [6.45, 7) is 11.6. The van der Waals surface area contributed by atoms with Crippen molar-refractivity contribution in [3.05, 3.63) is 83.0 Å². The molecule has 0 amide bonds. The zero-order chi connectivity index (χ0) is 23.4. The molecule has 2 aromatic heterocycles. The van der Waals surface area contributed by atoms with Gasteiger partial charge in [0.05, 0.1) is 5.39 Å². The fourth-order valence-electron chi connectivity index (χ4n) is 7.97. The molecule has 0 bridgehead atoms. The van der Waals surface area contributed by atoms with Gasteiger partial charge in [-0.3, -0.25) is 0 Å². The van der Waals surface area contributed by atoms with E-state index in [2.05, 4.69) is 104 Å². The lowest BCUT2D eigenvalue weighted by atomic mass is 9.48. The molecule has 170 valence electrons. The Hall–Kier alpha value is -3.13. The molecule has 1 aliphatic heterocycles. The first-order chi connectivity index (χ1) is 16.5.